The highest BCUT2D eigenvalue weighted by Crippen LogP contribution is 2.24. The smallest absolute Gasteiger partial charge is 0.414 e. The van der Waals surface area contributed by atoms with Gasteiger partial charge >= 0.3 is 11.9 Å². The standard InChI is InChI=1S/C17H25N3O2.C2H2O4/c21-20(22)17-8-4-5-15(13-17)14-18-9-11-19(12-10-18)16-6-2-1-3-7-16;3-1(4)2(5)6/h4-5,8,13,16H,1-3,6-7,9-12,14H2;(H,3,4)(H,5,6). The second-order valence-corrected chi connectivity index (χ2v) is 7.14. The third kappa shape index (κ3) is 6.90. The molecule has 154 valence electrons. The van der Waals surface area contributed by atoms with Crippen LogP contribution in [-0.2, 0) is 16.1 Å². The fraction of sp³-hybridized carbons (Fsp3) is 0.579. The molecule has 1 aromatic carbocycles. The van der Waals surface area contributed by atoms with Crippen LogP contribution in [0.4, 0.5) is 5.69 Å². The van der Waals surface area contributed by atoms with Crippen molar-refractivity contribution in [1.82, 2.24) is 9.80 Å². The average Bonchev–Trinajstić information content (AvgIpc) is 2.70. The largest absolute Gasteiger partial charge is 0.473 e. The Morgan fingerprint density at radius 1 is 1.04 bits per heavy atom. The Hall–Kier alpha value is -2.52. The number of rotatable bonds is 4. The maximum atomic E-state index is 10.8. The molecular formula is C19H27N3O6. The number of non-ortho nitro benzene ring substituents is 1. The summed E-state index contributed by atoms with van der Waals surface area (Å²) in [6, 6.07) is 7.83. The van der Waals surface area contributed by atoms with Crippen LogP contribution >= 0.6 is 0 Å². The Labute approximate surface area is 163 Å². The number of carbonyl (C=O) groups is 2. The molecular weight excluding hydrogens is 366 g/mol. The normalized spacial score (nSPS) is 18.7. The van der Waals surface area contributed by atoms with E-state index >= 15 is 0 Å². The van der Waals surface area contributed by atoms with Gasteiger partial charge in [0.1, 0.15) is 0 Å². The molecule has 0 atom stereocenters. The van der Waals surface area contributed by atoms with E-state index in [1.807, 2.05) is 6.07 Å². The van der Waals surface area contributed by atoms with E-state index in [9.17, 15) is 10.1 Å². The minimum Gasteiger partial charge on any atom is -0.473 e. The van der Waals surface area contributed by atoms with Gasteiger partial charge in [-0.3, -0.25) is 19.9 Å². The van der Waals surface area contributed by atoms with Gasteiger partial charge in [-0.05, 0) is 18.4 Å². The molecule has 0 spiro atoms. The van der Waals surface area contributed by atoms with Crippen LogP contribution < -0.4 is 0 Å². The zero-order valence-corrected chi connectivity index (χ0v) is 15.8. The number of nitrogens with zero attached hydrogens (tertiary/aromatic N) is 3. The predicted octanol–water partition coefficient (Wildman–Crippen LogP) is 2.20. The van der Waals surface area contributed by atoms with E-state index in [0.717, 1.165) is 44.3 Å². The average molecular weight is 393 g/mol. The molecule has 9 nitrogen and oxygen atoms in total. The second-order valence-electron chi connectivity index (χ2n) is 7.14. The number of carboxylic acid groups (broad SMARTS) is 2. The predicted molar refractivity (Wildman–Crippen MR) is 102 cm³/mol. The van der Waals surface area contributed by atoms with Crippen molar-refractivity contribution in [2.45, 2.75) is 44.7 Å². The molecule has 2 fully saturated rings. The van der Waals surface area contributed by atoms with E-state index < -0.39 is 11.9 Å². The summed E-state index contributed by atoms with van der Waals surface area (Å²) < 4.78 is 0. The molecule has 0 bridgehead atoms. The van der Waals surface area contributed by atoms with Crippen molar-refractivity contribution in [2.75, 3.05) is 26.2 Å². The minimum absolute atomic E-state index is 0.193. The summed E-state index contributed by atoms with van der Waals surface area (Å²) in [6.45, 7) is 5.23. The number of hydrogen-bond acceptors (Lipinski definition) is 6. The number of carboxylic acids is 2. The third-order valence-electron chi connectivity index (χ3n) is 5.21. The molecule has 0 amide bonds. The van der Waals surface area contributed by atoms with Gasteiger partial charge in [-0.15, -0.1) is 0 Å². The molecule has 3 rings (SSSR count). The van der Waals surface area contributed by atoms with Gasteiger partial charge in [0.15, 0.2) is 0 Å². The zero-order chi connectivity index (χ0) is 20.5. The highest BCUT2D eigenvalue weighted by Gasteiger charge is 2.25. The molecule has 1 saturated heterocycles. The summed E-state index contributed by atoms with van der Waals surface area (Å²) in [7, 11) is 0. The minimum atomic E-state index is -1.82. The summed E-state index contributed by atoms with van der Waals surface area (Å²) >= 11 is 0. The van der Waals surface area contributed by atoms with Gasteiger partial charge in [0.05, 0.1) is 4.92 Å². The molecule has 28 heavy (non-hydrogen) atoms. The van der Waals surface area contributed by atoms with Gasteiger partial charge in [-0.2, -0.15) is 0 Å². The van der Waals surface area contributed by atoms with Crippen LogP contribution in [0, 0.1) is 10.1 Å². The maximum absolute atomic E-state index is 10.8. The number of aliphatic carboxylic acids is 2. The lowest BCUT2D eigenvalue weighted by Crippen LogP contribution is -2.50. The molecule has 1 heterocycles. The van der Waals surface area contributed by atoms with Crippen molar-refractivity contribution in [3.63, 3.8) is 0 Å². The number of nitro groups is 1. The summed E-state index contributed by atoms with van der Waals surface area (Å²) in [6.07, 6.45) is 6.91. The van der Waals surface area contributed by atoms with Crippen molar-refractivity contribution in [3.8, 4) is 0 Å². The van der Waals surface area contributed by atoms with Gasteiger partial charge in [-0.1, -0.05) is 31.4 Å². The van der Waals surface area contributed by atoms with Crippen molar-refractivity contribution in [1.29, 1.82) is 0 Å². The molecule has 1 aliphatic carbocycles. The fourth-order valence-corrected chi connectivity index (χ4v) is 3.76. The first-order valence-corrected chi connectivity index (χ1v) is 9.52. The molecule has 1 aromatic rings. The van der Waals surface area contributed by atoms with Crippen LogP contribution in [0.25, 0.3) is 0 Å². The lowest BCUT2D eigenvalue weighted by molar-refractivity contribution is -0.384. The van der Waals surface area contributed by atoms with Crippen LogP contribution in [0.1, 0.15) is 37.7 Å². The second kappa shape index (κ2) is 10.7. The number of nitro benzene ring substituents is 1. The molecule has 0 unspecified atom stereocenters. The third-order valence-corrected chi connectivity index (χ3v) is 5.21. The first-order chi connectivity index (χ1) is 13.4. The Kier molecular flexibility index (Phi) is 8.34. The van der Waals surface area contributed by atoms with Gasteiger partial charge in [0.2, 0.25) is 0 Å². The van der Waals surface area contributed by atoms with E-state index in [-0.39, 0.29) is 10.6 Å². The number of piperazine rings is 1. The summed E-state index contributed by atoms with van der Waals surface area (Å²) in [5.74, 6) is -3.65. The van der Waals surface area contributed by atoms with E-state index in [1.54, 1.807) is 18.2 Å². The van der Waals surface area contributed by atoms with E-state index in [2.05, 4.69) is 9.80 Å². The van der Waals surface area contributed by atoms with Crippen LogP contribution in [0.3, 0.4) is 0 Å². The number of benzene rings is 1. The first kappa shape index (κ1) is 21.8. The highest BCUT2D eigenvalue weighted by atomic mass is 16.6. The lowest BCUT2D eigenvalue weighted by Gasteiger charge is -2.40. The van der Waals surface area contributed by atoms with Gasteiger partial charge in [0, 0.05) is 50.9 Å². The Morgan fingerprint density at radius 3 is 2.18 bits per heavy atom. The lowest BCUT2D eigenvalue weighted by atomic mass is 9.94. The molecule has 0 radical (unpaired) electrons. The van der Waals surface area contributed by atoms with E-state index in [4.69, 9.17) is 19.8 Å². The van der Waals surface area contributed by atoms with Gasteiger partial charge in [-0.25, -0.2) is 9.59 Å². The van der Waals surface area contributed by atoms with Crippen LogP contribution in [-0.4, -0.2) is 69.1 Å². The van der Waals surface area contributed by atoms with Crippen molar-refractivity contribution in [2.24, 2.45) is 0 Å². The monoisotopic (exact) mass is 393 g/mol. The molecule has 1 aliphatic heterocycles. The first-order valence-electron chi connectivity index (χ1n) is 9.52. The van der Waals surface area contributed by atoms with E-state index in [1.165, 1.54) is 32.1 Å². The molecule has 2 N–H and O–H groups in total. The van der Waals surface area contributed by atoms with Crippen molar-refractivity contribution >= 4 is 17.6 Å². The van der Waals surface area contributed by atoms with Crippen molar-refractivity contribution < 1.29 is 24.7 Å². The van der Waals surface area contributed by atoms with Crippen LogP contribution in [0.2, 0.25) is 0 Å². The van der Waals surface area contributed by atoms with Crippen molar-refractivity contribution in [3.05, 3.63) is 39.9 Å². The zero-order valence-electron chi connectivity index (χ0n) is 15.8. The van der Waals surface area contributed by atoms with Crippen LogP contribution in [0.5, 0.6) is 0 Å². The molecule has 2 aliphatic rings. The Morgan fingerprint density at radius 2 is 1.64 bits per heavy atom. The van der Waals surface area contributed by atoms with Crippen LogP contribution in [0.15, 0.2) is 24.3 Å². The summed E-state index contributed by atoms with van der Waals surface area (Å²) in [5.41, 5.74) is 1.23. The molecule has 9 heteroatoms. The van der Waals surface area contributed by atoms with E-state index in [0.29, 0.717) is 0 Å². The maximum Gasteiger partial charge on any atom is 0.414 e. The Balaban J connectivity index is 0.000000409. The topological polar surface area (TPSA) is 124 Å². The Bertz CT molecular complexity index is 670. The fourth-order valence-electron chi connectivity index (χ4n) is 3.76. The molecule has 0 aromatic heterocycles. The summed E-state index contributed by atoms with van der Waals surface area (Å²) in [5, 5.41) is 25.6. The number of hydrogen-bond donors (Lipinski definition) is 2. The quantitative estimate of drug-likeness (QED) is 0.453. The SMILES string of the molecule is O=C(O)C(=O)O.O=[N+]([O-])c1cccc(CN2CCN(C3CCCCC3)CC2)c1. The molecule has 1 saturated carbocycles. The summed E-state index contributed by atoms with van der Waals surface area (Å²) in [4.78, 5) is 33.8. The van der Waals surface area contributed by atoms with Gasteiger partial charge in [0.25, 0.3) is 5.69 Å². The van der Waals surface area contributed by atoms with Gasteiger partial charge < -0.3 is 10.2 Å². The highest BCUT2D eigenvalue weighted by molar-refractivity contribution is 6.27.